The lowest BCUT2D eigenvalue weighted by Crippen LogP contribution is -1.96. The first-order valence-corrected chi connectivity index (χ1v) is 6.09. The molecule has 0 radical (unpaired) electrons. The van der Waals surface area contributed by atoms with Gasteiger partial charge in [-0.25, -0.2) is 9.78 Å². The minimum absolute atomic E-state index is 0.184. The fourth-order valence-electron chi connectivity index (χ4n) is 1.92. The van der Waals surface area contributed by atoms with E-state index in [1.165, 1.54) is 12.1 Å². The predicted molar refractivity (Wildman–Crippen MR) is 75.2 cm³/mol. The molecule has 0 spiro atoms. The Morgan fingerprint density at radius 2 is 1.85 bits per heavy atom. The zero-order valence-corrected chi connectivity index (χ0v) is 10.5. The summed E-state index contributed by atoms with van der Waals surface area (Å²) in [6, 6.07) is 17.7. The van der Waals surface area contributed by atoms with E-state index in [-0.39, 0.29) is 5.56 Å². The van der Waals surface area contributed by atoms with Crippen LogP contribution in [0.4, 0.5) is 0 Å². The van der Waals surface area contributed by atoms with Crippen LogP contribution >= 0.6 is 0 Å². The maximum Gasteiger partial charge on any atom is 0.335 e. The summed E-state index contributed by atoms with van der Waals surface area (Å²) >= 11 is 0. The molecular weight excluding hydrogens is 254 g/mol. The van der Waals surface area contributed by atoms with Crippen LogP contribution in [0.15, 0.2) is 60.7 Å². The molecule has 0 atom stereocenters. The molecule has 3 aromatic rings. The standard InChI is InChI=1S/C16H11NO3/c18-16(19)12-5-3-6-13(10-12)20-15-9-8-11-4-1-2-7-14(11)17-15/h1-10H,(H,18,19). The smallest absolute Gasteiger partial charge is 0.335 e. The van der Waals surface area contributed by atoms with Crippen molar-refractivity contribution < 1.29 is 14.6 Å². The average Bonchev–Trinajstić information content (AvgIpc) is 2.47. The van der Waals surface area contributed by atoms with Crippen LogP contribution in [0, 0.1) is 0 Å². The number of carboxylic acid groups (broad SMARTS) is 1. The average molecular weight is 265 g/mol. The van der Waals surface area contributed by atoms with Crippen LogP contribution in [0.25, 0.3) is 10.9 Å². The van der Waals surface area contributed by atoms with Crippen LogP contribution in [0.3, 0.4) is 0 Å². The molecule has 0 aliphatic carbocycles. The number of hydrogen-bond acceptors (Lipinski definition) is 3. The van der Waals surface area contributed by atoms with Crippen molar-refractivity contribution in [3.8, 4) is 11.6 Å². The molecule has 1 aromatic heterocycles. The van der Waals surface area contributed by atoms with Gasteiger partial charge in [-0.15, -0.1) is 0 Å². The minimum Gasteiger partial charge on any atom is -0.478 e. The fraction of sp³-hybridized carbons (Fsp3) is 0. The first-order valence-electron chi connectivity index (χ1n) is 6.09. The fourth-order valence-corrected chi connectivity index (χ4v) is 1.92. The number of fused-ring (bicyclic) bond motifs is 1. The van der Waals surface area contributed by atoms with E-state index in [2.05, 4.69) is 4.98 Å². The molecule has 1 N–H and O–H groups in total. The van der Waals surface area contributed by atoms with Gasteiger partial charge in [-0.2, -0.15) is 0 Å². The van der Waals surface area contributed by atoms with Crippen molar-refractivity contribution in [1.82, 2.24) is 4.98 Å². The Bertz CT molecular complexity index is 783. The van der Waals surface area contributed by atoms with Gasteiger partial charge < -0.3 is 9.84 Å². The number of rotatable bonds is 3. The molecule has 98 valence electrons. The van der Waals surface area contributed by atoms with Gasteiger partial charge in [-0.05, 0) is 30.3 Å². The van der Waals surface area contributed by atoms with E-state index in [4.69, 9.17) is 9.84 Å². The van der Waals surface area contributed by atoms with Crippen molar-refractivity contribution in [3.05, 3.63) is 66.2 Å². The highest BCUT2D eigenvalue weighted by Crippen LogP contribution is 2.23. The molecule has 0 aliphatic heterocycles. The summed E-state index contributed by atoms with van der Waals surface area (Å²) in [4.78, 5) is 15.3. The Morgan fingerprint density at radius 1 is 1.00 bits per heavy atom. The number of nitrogens with zero attached hydrogens (tertiary/aromatic N) is 1. The zero-order valence-electron chi connectivity index (χ0n) is 10.5. The Hall–Kier alpha value is -2.88. The Labute approximate surface area is 115 Å². The second kappa shape index (κ2) is 5.01. The van der Waals surface area contributed by atoms with Gasteiger partial charge in [0.2, 0.25) is 5.88 Å². The van der Waals surface area contributed by atoms with E-state index in [9.17, 15) is 4.79 Å². The number of para-hydroxylation sites is 1. The summed E-state index contributed by atoms with van der Waals surface area (Å²) in [5, 5.41) is 9.97. The van der Waals surface area contributed by atoms with Crippen molar-refractivity contribution in [3.63, 3.8) is 0 Å². The Kier molecular flexibility index (Phi) is 3.05. The summed E-state index contributed by atoms with van der Waals surface area (Å²) in [6.07, 6.45) is 0. The van der Waals surface area contributed by atoms with Crippen LogP contribution in [0.1, 0.15) is 10.4 Å². The SMILES string of the molecule is O=C(O)c1cccc(Oc2ccc3ccccc3n2)c1. The molecule has 0 unspecified atom stereocenters. The number of carbonyl (C=O) groups is 1. The van der Waals surface area contributed by atoms with Crippen LogP contribution in [0.2, 0.25) is 0 Å². The minimum atomic E-state index is -0.984. The lowest BCUT2D eigenvalue weighted by atomic mass is 10.2. The van der Waals surface area contributed by atoms with E-state index in [1.54, 1.807) is 18.2 Å². The molecule has 20 heavy (non-hydrogen) atoms. The van der Waals surface area contributed by atoms with Gasteiger partial charge in [0.25, 0.3) is 0 Å². The second-order valence-corrected chi connectivity index (χ2v) is 4.28. The first kappa shape index (κ1) is 12.2. The molecule has 4 nitrogen and oxygen atoms in total. The van der Waals surface area contributed by atoms with Gasteiger partial charge in [0.05, 0.1) is 11.1 Å². The number of benzene rings is 2. The van der Waals surface area contributed by atoms with Crippen LogP contribution in [-0.4, -0.2) is 16.1 Å². The summed E-state index contributed by atoms with van der Waals surface area (Å²) in [5.41, 5.74) is 1.02. The molecule has 4 heteroatoms. The highest BCUT2D eigenvalue weighted by Gasteiger charge is 2.05. The van der Waals surface area contributed by atoms with E-state index in [0.717, 1.165) is 10.9 Å². The van der Waals surface area contributed by atoms with Gasteiger partial charge in [0, 0.05) is 11.5 Å². The maximum absolute atomic E-state index is 10.9. The van der Waals surface area contributed by atoms with Gasteiger partial charge in [-0.1, -0.05) is 24.3 Å². The number of carboxylic acids is 1. The molecule has 0 fully saturated rings. The van der Waals surface area contributed by atoms with E-state index in [1.807, 2.05) is 30.3 Å². The number of ether oxygens (including phenoxy) is 1. The van der Waals surface area contributed by atoms with Crippen LogP contribution in [0.5, 0.6) is 11.6 Å². The van der Waals surface area contributed by atoms with Gasteiger partial charge in [-0.3, -0.25) is 0 Å². The van der Waals surface area contributed by atoms with Crippen molar-refractivity contribution >= 4 is 16.9 Å². The van der Waals surface area contributed by atoms with Crippen LogP contribution in [-0.2, 0) is 0 Å². The molecule has 3 rings (SSSR count). The van der Waals surface area contributed by atoms with E-state index < -0.39 is 5.97 Å². The quantitative estimate of drug-likeness (QED) is 0.784. The van der Waals surface area contributed by atoms with Crippen molar-refractivity contribution in [2.75, 3.05) is 0 Å². The van der Waals surface area contributed by atoms with Gasteiger partial charge in [0.1, 0.15) is 5.75 Å². The third-order valence-corrected chi connectivity index (χ3v) is 2.88. The first-order chi connectivity index (χ1) is 9.72. The van der Waals surface area contributed by atoms with Crippen LogP contribution < -0.4 is 4.74 Å². The zero-order chi connectivity index (χ0) is 13.9. The molecule has 1 heterocycles. The normalized spacial score (nSPS) is 10.4. The second-order valence-electron chi connectivity index (χ2n) is 4.28. The summed E-state index contributed by atoms with van der Waals surface area (Å²) < 4.78 is 5.60. The van der Waals surface area contributed by atoms with E-state index in [0.29, 0.717) is 11.6 Å². The topological polar surface area (TPSA) is 59.4 Å². The van der Waals surface area contributed by atoms with Gasteiger partial charge in [0.15, 0.2) is 0 Å². The molecule has 2 aromatic carbocycles. The number of aromatic carboxylic acids is 1. The number of hydrogen-bond donors (Lipinski definition) is 1. The summed E-state index contributed by atoms with van der Waals surface area (Å²) in [6.45, 7) is 0. The number of pyridine rings is 1. The number of aromatic nitrogens is 1. The largest absolute Gasteiger partial charge is 0.478 e. The highest BCUT2D eigenvalue weighted by atomic mass is 16.5. The van der Waals surface area contributed by atoms with Crippen molar-refractivity contribution in [2.24, 2.45) is 0 Å². The predicted octanol–water partition coefficient (Wildman–Crippen LogP) is 3.73. The monoisotopic (exact) mass is 265 g/mol. The third-order valence-electron chi connectivity index (χ3n) is 2.88. The molecular formula is C16H11NO3. The Balaban J connectivity index is 1.92. The molecule has 0 amide bonds. The molecule has 0 bridgehead atoms. The third kappa shape index (κ3) is 2.44. The lowest BCUT2D eigenvalue weighted by Gasteiger charge is -2.06. The highest BCUT2D eigenvalue weighted by molar-refractivity contribution is 5.88. The van der Waals surface area contributed by atoms with Gasteiger partial charge >= 0.3 is 5.97 Å². The lowest BCUT2D eigenvalue weighted by molar-refractivity contribution is 0.0696. The summed E-state index contributed by atoms with van der Waals surface area (Å²) in [5.74, 6) is -0.0964. The van der Waals surface area contributed by atoms with Crippen molar-refractivity contribution in [2.45, 2.75) is 0 Å². The Morgan fingerprint density at radius 3 is 2.70 bits per heavy atom. The van der Waals surface area contributed by atoms with Crippen molar-refractivity contribution in [1.29, 1.82) is 0 Å². The maximum atomic E-state index is 10.9. The molecule has 0 saturated heterocycles. The van der Waals surface area contributed by atoms with E-state index >= 15 is 0 Å². The molecule has 0 saturated carbocycles. The molecule has 0 aliphatic rings. The summed E-state index contributed by atoms with van der Waals surface area (Å²) in [7, 11) is 0.